The highest BCUT2D eigenvalue weighted by atomic mass is 19.1. The number of rotatable bonds is 10. The van der Waals surface area contributed by atoms with Crippen molar-refractivity contribution in [1.29, 1.82) is 0 Å². The van der Waals surface area contributed by atoms with Gasteiger partial charge in [0.05, 0.1) is 11.7 Å². The molecule has 1 aliphatic carbocycles. The summed E-state index contributed by atoms with van der Waals surface area (Å²) in [4.78, 5) is 38.8. The molecule has 2 amide bonds. The van der Waals surface area contributed by atoms with Crippen LogP contribution in [0.2, 0.25) is 0 Å². The number of carbonyl (C=O) groups is 3. The lowest BCUT2D eigenvalue weighted by atomic mass is 10.0. The Labute approximate surface area is 209 Å². The summed E-state index contributed by atoms with van der Waals surface area (Å²) in [6.07, 6.45) is 2.70. The summed E-state index contributed by atoms with van der Waals surface area (Å²) in [6, 6.07) is 11.7. The van der Waals surface area contributed by atoms with E-state index in [-0.39, 0.29) is 22.9 Å². The molecular formula is C27H32FN3O5. The largest absolute Gasteiger partial charge is 0.478 e. The predicted molar refractivity (Wildman–Crippen MR) is 131 cm³/mol. The Hall–Kier alpha value is -3.30. The lowest BCUT2D eigenvalue weighted by molar-refractivity contribution is -0.135. The number of carbonyl (C=O) groups excluding carboxylic acids is 2. The molecule has 1 saturated heterocycles. The first-order valence-corrected chi connectivity index (χ1v) is 12.4. The minimum absolute atomic E-state index is 0.0798. The number of hydrogen-bond acceptors (Lipinski definition) is 5. The number of piperidine rings is 1. The Kier molecular flexibility index (Phi) is 8.32. The SMILES string of the molecule is O=C(O)c1ccc(C(=O)NC(CCCN[C@@H]2C[C@H]2c2ccc(F)cc2)C(=O)N2CCC(O)CC2)cc1. The number of benzene rings is 2. The molecule has 2 fully saturated rings. The normalized spacial score (nSPS) is 20.6. The lowest BCUT2D eigenvalue weighted by Gasteiger charge is -2.32. The standard InChI is InChI=1S/C27H32FN3O5/c28-20-9-7-17(8-10-20)22-16-24(22)29-13-1-2-23(26(34)31-14-11-21(32)12-15-31)30-25(33)18-3-5-19(6-4-18)27(35)36/h3-10,21-24,29,32H,1-2,11-16H2,(H,30,33)(H,35,36)/t22-,23?,24+/m0/s1. The molecule has 1 saturated carbocycles. The molecule has 2 aliphatic rings. The molecule has 36 heavy (non-hydrogen) atoms. The van der Waals surface area contributed by atoms with Gasteiger partial charge in [0.15, 0.2) is 0 Å². The second-order valence-corrected chi connectivity index (χ2v) is 9.56. The number of nitrogens with zero attached hydrogens (tertiary/aromatic N) is 1. The van der Waals surface area contributed by atoms with Gasteiger partial charge in [-0.15, -0.1) is 0 Å². The van der Waals surface area contributed by atoms with Gasteiger partial charge in [-0.1, -0.05) is 12.1 Å². The Morgan fingerprint density at radius 1 is 1.00 bits per heavy atom. The Balaban J connectivity index is 1.32. The maximum atomic E-state index is 13.2. The molecule has 8 nitrogen and oxygen atoms in total. The number of likely N-dealkylation sites (tertiary alicyclic amines) is 1. The van der Waals surface area contributed by atoms with Gasteiger partial charge in [0.1, 0.15) is 11.9 Å². The number of nitrogens with one attached hydrogen (secondary N) is 2. The Morgan fingerprint density at radius 2 is 1.64 bits per heavy atom. The van der Waals surface area contributed by atoms with E-state index in [1.54, 1.807) is 4.90 Å². The van der Waals surface area contributed by atoms with Crippen molar-refractivity contribution in [2.75, 3.05) is 19.6 Å². The summed E-state index contributed by atoms with van der Waals surface area (Å²) < 4.78 is 13.1. The van der Waals surface area contributed by atoms with Gasteiger partial charge in [0.25, 0.3) is 5.91 Å². The molecule has 0 aromatic heterocycles. The van der Waals surface area contributed by atoms with Crippen LogP contribution in [0, 0.1) is 5.82 Å². The average molecular weight is 498 g/mol. The van der Waals surface area contributed by atoms with Crippen LogP contribution in [0.5, 0.6) is 0 Å². The molecular weight excluding hydrogens is 465 g/mol. The molecule has 0 spiro atoms. The van der Waals surface area contributed by atoms with Crippen molar-refractivity contribution in [3.05, 3.63) is 71.0 Å². The molecule has 1 heterocycles. The summed E-state index contributed by atoms with van der Waals surface area (Å²) in [7, 11) is 0. The van der Waals surface area contributed by atoms with Gasteiger partial charge in [-0.3, -0.25) is 9.59 Å². The van der Waals surface area contributed by atoms with E-state index in [4.69, 9.17) is 5.11 Å². The maximum Gasteiger partial charge on any atom is 0.335 e. The van der Waals surface area contributed by atoms with Crippen molar-refractivity contribution in [2.24, 2.45) is 0 Å². The molecule has 0 radical (unpaired) electrons. The number of hydrogen-bond donors (Lipinski definition) is 4. The number of halogens is 1. The highest BCUT2D eigenvalue weighted by Crippen LogP contribution is 2.40. The third-order valence-electron chi connectivity index (χ3n) is 6.94. The van der Waals surface area contributed by atoms with Crippen molar-refractivity contribution in [3.8, 4) is 0 Å². The second kappa shape index (κ2) is 11.6. The van der Waals surface area contributed by atoms with Crippen LogP contribution in [0.4, 0.5) is 4.39 Å². The van der Waals surface area contributed by atoms with Crippen LogP contribution in [0.25, 0.3) is 0 Å². The van der Waals surface area contributed by atoms with Gasteiger partial charge in [0.2, 0.25) is 5.91 Å². The van der Waals surface area contributed by atoms with E-state index in [2.05, 4.69) is 10.6 Å². The number of aliphatic hydroxyl groups is 1. The quantitative estimate of drug-likeness (QED) is 0.375. The van der Waals surface area contributed by atoms with Crippen molar-refractivity contribution < 1.29 is 29.0 Å². The first-order chi connectivity index (χ1) is 17.3. The number of aliphatic hydroxyl groups excluding tert-OH is 1. The summed E-state index contributed by atoms with van der Waals surface area (Å²) in [5.41, 5.74) is 1.47. The highest BCUT2D eigenvalue weighted by molar-refractivity contribution is 5.98. The molecule has 4 N–H and O–H groups in total. The summed E-state index contributed by atoms with van der Waals surface area (Å²) in [5, 5.41) is 25.1. The van der Waals surface area contributed by atoms with Crippen LogP contribution in [0.1, 0.15) is 64.3 Å². The number of amides is 2. The number of carboxylic acids is 1. The molecule has 9 heteroatoms. The van der Waals surface area contributed by atoms with Crippen molar-refractivity contribution >= 4 is 17.8 Å². The molecule has 1 unspecified atom stereocenters. The van der Waals surface area contributed by atoms with Gasteiger partial charge in [0, 0.05) is 30.6 Å². The third-order valence-corrected chi connectivity index (χ3v) is 6.94. The number of aromatic carboxylic acids is 1. The van der Waals surface area contributed by atoms with Gasteiger partial charge < -0.3 is 25.7 Å². The van der Waals surface area contributed by atoms with Gasteiger partial charge in [-0.05, 0) is 80.6 Å². The number of carboxylic acid groups (broad SMARTS) is 1. The van der Waals surface area contributed by atoms with Crippen LogP contribution >= 0.6 is 0 Å². The molecule has 2 aromatic carbocycles. The average Bonchev–Trinajstić information content (AvgIpc) is 3.66. The first-order valence-electron chi connectivity index (χ1n) is 12.4. The molecule has 2 aromatic rings. The van der Waals surface area contributed by atoms with Crippen LogP contribution in [0.3, 0.4) is 0 Å². The maximum absolute atomic E-state index is 13.2. The van der Waals surface area contributed by atoms with Crippen molar-refractivity contribution in [2.45, 2.75) is 56.2 Å². The third kappa shape index (κ3) is 6.67. The fourth-order valence-corrected chi connectivity index (χ4v) is 4.66. The van der Waals surface area contributed by atoms with Crippen LogP contribution in [-0.2, 0) is 4.79 Å². The fraction of sp³-hybridized carbons (Fsp3) is 0.444. The van der Waals surface area contributed by atoms with Crippen LogP contribution in [0.15, 0.2) is 48.5 Å². The monoisotopic (exact) mass is 497 g/mol. The van der Waals surface area contributed by atoms with Crippen LogP contribution < -0.4 is 10.6 Å². The van der Waals surface area contributed by atoms with E-state index in [1.165, 1.54) is 36.4 Å². The summed E-state index contributed by atoms with van der Waals surface area (Å²) in [5.74, 6) is -1.58. The molecule has 0 bridgehead atoms. The van der Waals surface area contributed by atoms with E-state index in [1.807, 2.05) is 12.1 Å². The fourth-order valence-electron chi connectivity index (χ4n) is 4.66. The molecule has 3 atom stereocenters. The van der Waals surface area contributed by atoms with E-state index >= 15 is 0 Å². The molecule has 192 valence electrons. The second-order valence-electron chi connectivity index (χ2n) is 9.56. The highest BCUT2D eigenvalue weighted by Gasteiger charge is 2.37. The molecule has 1 aliphatic heterocycles. The zero-order valence-electron chi connectivity index (χ0n) is 20.0. The minimum Gasteiger partial charge on any atom is -0.478 e. The smallest absolute Gasteiger partial charge is 0.335 e. The Morgan fingerprint density at radius 3 is 2.28 bits per heavy atom. The lowest BCUT2D eigenvalue weighted by Crippen LogP contribution is -2.51. The van der Waals surface area contributed by atoms with Crippen LogP contribution in [-0.4, -0.2) is 70.7 Å². The minimum atomic E-state index is -1.08. The van der Waals surface area contributed by atoms with E-state index in [0.29, 0.717) is 57.3 Å². The topological polar surface area (TPSA) is 119 Å². The van der Waals surface area contributed by atoms with Crippen molar-refractivity contribution in [3.63, 3.8) is 0 Å². The van der Waals surface area contributed by atoms with E-state index in [0.717, 1.165) is 12.0 Å². The zero-order chi connectivity index (χ0) is 25.7. The van der Waals surface area contributed by atoms with Gasteiger partial charge in [-0.25, -0.2) is 9.18 Å². The Bertz CT molecular complexity index is 1070. The summed E-state index contributed by atoms with van der Waals surface area (Å²) in [6.45, 7) is 1.56. The van der Waals surface area contributed by atoms with E-state index < -0.39 is 24.0 Å². The molecule has 4 rings (SSSR count). The van der Waals surface area contributed by atoms with Gasteiger partial charge in [-0.2, -0.15) is 0 Å². The van der Waals surface area contributed by atoms with E-state index in [9.17, 15) is 23.9 Å². The van der Waals surface area contributed by atoms with Crippen molar-refractivity contribution in [1.82, 2.24) is 15.5 Å². The zero-order valence-corrected chi connectivity index (χ0v) is 20.0. The summed E-state index contributed by atoms with van der Waals surface area (Å²) >= 11 is 0. The predicted octanol–water partition coefficient (Wildman–Crippen LogP) is 2.53. The first kappa shape index (κ1) is 25.8. The van der Waals surface area contributed by atoms with Gasteiger partial charge >= 0.3 is 5.97 Å².